The summed E-state index contributed by atoms with van der Waals surface area (Å²) in [5.74, 6) is -1.37. The van der Waals surface area contributed by atoms with Gasteiger partial charge in [-0.15, -0.1) is 0 Å². The molecule has 0 aliphatic rings. The first-order chi connectivity index (χ1) is 11.5. The van der Waals surface area contributed by atoms with Crippen molar-refractivity contribution in [3.05, 3.63) is 75.3 Å². The summed E-state index contributed by atoms with van der Waals surface area (Å²) in [5.41, 5.74) is 3.99. The first-order valence-electron chi connectivity index (χ1n) is 6.64. The van der Waals surface area contributed by atoms with Gasteiger partial charge in [-0.3, -0.25) is 24.9 Å². The number of para-hydroxylation sites is 1. The number of benzene rings is 2. The number of nitro benzene ring substituents is 1. The molecule has 0 aromatic heterocycles. The predicted molar refractivity (Wildman–Crippen MR) is 83.9 cm³/mol. The summed E-state index contributed by atoms with van der Waals surface area (Å²) in [6, 6.07) is 11.5. The van der Waals surface area contributed by atoms with Crippen molar-refractivity contribution in [2.75, 3.05) is 0 Å². The quantitative estimate of drug-likeness (QED) is 0.331. The van der Waals surface area contributed by atoms with Crippen LogP contribution in [0.1, 0.15) is 26.3 Å². The molecule has 9 nitrogen and oxygen atoms in total. The number of hydrazone groups is 1. The molecule has 122 valence electrons. The van der Waals surface area contributed by atoms with Gasteiger partial charge in [0.05, 0.1) is 16.7 Å². The van der Waals surface area contributed by atoms with Gasteiger partial charge in [-0.1, -0.05) is 18.2 Å². The third-order valence-electron chi connectivity index (χ3n) is 2.99. The van der Waals surface area contributed by atoms with E-state index >= 15 is 0 Å². The molecule has 24 heavy (non-hydrogen) atoms. The highest BCUT2D eigenvalue weighted by molar-refractivity contribution is 5.99. The molecular weight excluding hydrogens is 316 g/mol. The molecule has 0 bridgehead atoms. The summed E-state index contributed by atoms with van der Waals surface area (Å²) in [4.78, 5) is 33.6. The summed E-state index contributed by atoms with van der Waals surface area (Å²) in [7, 11) is 0. The molecular formula is C15H12N4O5. The third-order valence-corrected chi connectivity index (χ3v) is 2.99. The Morgan fingerprint density at radius 1 is 1.08 bits per heavy atom. The average molecular weight is 328 g/mol. The molecule has 0 spiro atoms. The van der Waals surface area contributed by atoms with Crippen LogP contribution in [0.25, 0.3) is 0 Å². The molecule has 0 saturated heterocycles. The van der Waals surface area contributed by atoms with Crippen LogP contribution in [0, 0.1) is 10.1 Å². The van der Waals surface area contributed by atoms with Crippen molar-refractivity contribution in [2.45, 2.75) is 0 Å². The van der Waals surface area contributed by atoms with E-state index in [0.717, 1.165) is 6.21 Å². The molecule has 0 saturated carbocycles. The van der Waals surface area contributed by atoms with Crippen LogP contribution in [-0.2, 0) is 0 Å². The van der Waals surface area contributed by atoms with Gasteiger partial charge in [0.1, 0.15) is 0 Å². The van der Waals surface area contributed by atoms with Crippen LogP contribution in [0.3, 0.4) is 0 Å². The van der Waals surface area contributed by atoms with E-state index < -0.39 is 16.7 Å². The second-order valence-corrected chi connectivity index (χ2v) is 4.54. The zero-order valence-corrected chi connectivity index (χ0v) is 12.2. The van der Waals surface area contributed by atoms with Crippen LogP contribution in [0.15, 0.2) is 53.6 Å². The number of carbonyl (C=O) groups is 2. The first-order valence-corrected chi connectivity index (χ1v) is 6.64. The predicted octanol–water partition coefficient (Wildman–Crippen LogP) is 1.48. The molecule has 2 rings (SSSR count). The van der Waals surface area contributed by atoms with Crippen LogP contribution in [0.5, 0.6) is 0 Å². The lowest BCUT2D eigenvalue weighted by Crippen LogP contribution is -2.21. The average Bonchev–Trinajstić information content (AvgIpc) is 2.61. The van der Waals surface area contributed by atoms with Crippen LogP contribution in [0.2, 0.25) is 0 Å². The fourth-order valence-electron chi connectivity index (χ4n) is 1.85. The highest BCUT2D eigenvalue weighted by atomic mass is 16.6. The van der Waals surface area contributed by atoms with Gasteiger partial charge in [0.2, 0.25) is 0 Å². The Morgan fingerprint density at radius 2 is 1.75 bits per heavy atom. The van der Waals surface area contributed by atoms with Crippen molar-refractivity contribution >= 4 is 23.7 Å². The van der Waals surface area contributed by atoms with Crippen molar-refractivity contribution in [1.29, 1.82) is 0 Å². The maximum Gasteiger partial charge on any atom is 0.278 e. The number of rotatable bonds is 5. The highest BCUT2D eigenvalue weighted by Crippen LogP contribution is 2.15. The Kier molecular flexibility index (Phi) is 5.32. The van der Waals surface area contributed by atoms with Crippen LogP contribution in [0.4, 0.5) is 5.69 Å². The second-order valence-electron chi connectivity index (χ2n) is 4.54. The highest BCUT2D eigenvalue weighted by Gasteiger charge is 2.11. The second kappa shape index (κ2) is 7.61. The number of carbonyl (C=O) groups excluding carboxylic acids is 2. The first kappa shape index (κ1) is 16.8. The molecule has 2 amide bonds. The molecule has 0 atom stereocenters. The standard InChI is InChI=1S/C15H12N4O5/c20-14(10-5-3-6-11(8-10)15(21)18-22)17-16-9-12-4-1-2-7-13(12)19(23)24/h1-9,22H,(H,17,20)(H,18,21)/b16-9+. The summed E-state index contributed by atoms with van der Waals surface area (Å²) in [6.07, 6.45) is 1.15. The van der Waals surface area contributed by atoms with Crippen molar-refractivity contribution in [1.82, 2.24) is 10.9 Å². The Hall–Kier alpha value is -3.59. The van der Waals surface area contributed by atoms with Gasteiger partial charge in [0, 0.05) is 17.2 Å². The van der Waals surface area contributed by atoms with E-state index in [4.69, 9.17) is 5.21 Å². The number of amides is 2. The lowest BCUT2D eigenvalue weighted by atomic mass is 10.1. The van der Waals surface area contributed by atoms with E-state index in [9.17, 15) is 19.7 Å². The summed E-state index contributed by atoms with van der Waals surface area (Å²) < 4.78 is 0. The van der Waals surface area contributed by atoms with Crippen LogP contribution in [-0.4, -0.2) is 28.2 Å². The minimum Gasteiger partial charge on any atom is -0.288 e. The Labute approximate surface area is 135 Å². The normalized spacial score (nSPS) is 10.4. The monoisotopic (exact) mass is 328 g/mol. The number of hydroxylamine groups is 1. The van der Waals surface area contributed by atoms with Crippen molar-refractivity contribution in [3.8, 4) is 0 Å². The number of nitrogens with one attached hydrogen (secondary N) is 2. The van der Waals surface area contributed by atoms with Gasteiger partial charge in [0.15, 0.2) is 0 Å². The molecule has 0 fully saturated rings. The third kappa shape index (κ3) is 3.99. The maximum atomic E-state index is 12.0. The van der Waals surface area contributed by atoms with E-state index in [1.165, 1.54) is 47.9 Å². The van der Waals surface area contributed by atoms with Gasteiger partial charge in [0.25, 0.3) is 17.5 Å². The zero-order chi connectivity index (χ0) is 17.5. The van der Waals surface area contributed by atoms with Gasteiger partial charge in [-0.05, 0) is 24.3 Å². The number of nitro groups is 1. The molecule has 0 aliphatic carbocycles. The summed E-state index contributed by atoms with van der Waals surface area (Å²) in [5, 5.41) is 23.1. The molecule has 3 N–H and O–H groups in total. The largest absolute Gasteiger partial charge is 0.288 e. The Morgan fingerprint density at radius 3 is 2.42 bits per heavy atom. The molecule has 9 heteroatoms. The molecule has 0 unspecified atom stereocenters. The van der Waals surface area contributed by atoms with E-state index in [1.807, 2.05) is 0 Å². The molecule has 0 aliphatic heterocycles. The van der Waals surface area contributed by atoms with Gasteiger partial charge < -0.3 is 0 Å². The van der Waals surface area contributed by atoms with Gasteiger partial charge >= 0.3 is 0 Å². The molecule has 0 heterocycles. The van der Waals surface area contributed by atoms with E-state index in [0.29, 0.717) is 0 Å². The lowest BCUT2D eigenvalue weighted by Gasteiger charge is -2.03. The van der Waals surface area contributed by atoms with Gasteiger partial charge in [-0.2, -0.15) is 5.10 Å². The van der Waals surface area contributed by atoms with Crippen LogP contribution < -0.4 is 10.9 Å². The fourth-order valence-corrected chi connectivity index (χ4v) is 1.85. The SMILES string of the molecule is O=C(NO)c1cccc(C(=O)N/N=C/c2ccccc2[N+](=O)[O-])c1. The summed E-state index contributed by atoms with van der Waals surface area (Å²) >= 11 is 0. The topological polar surface area (TPSA) is 134 Å². The van der Waals surface area contributed by atoms with Crippen LogP contribution >= 0.6 is 0 Å². The van der Waals surface area contributed by atoms with Crippen molar-refractivity contribution in [2.24, 2.45) is 5.10 Å². The number of hydrogen-bond donors (Lipinski definition) is 3. The van der Waals surface area contributed by atoms with E-state index in [-0.39, 0.29) is 22.4 Å². The minimum atomic E-state index is -0.756. The van der Waals surface area contributed by atoms with Gasteiger partial charge in [-0.25, -0.2) is 10.9 Å². The summed E-state index contributed by atoms with van der Waals surface area (Å²) in [6.45, 7) is 0. The fraction of sp³-hybridized carbons (Fsp3) is 0. The van der Waals surface area contributed by atoms with Crippen molar-refractivity contribution < 1.29 is 19.7 Å². The Bertz CT molecular complexity index is 819. The number of hydrogen-bond acceptors (Lipinski definition) is 6. The Balaban J connectivity index is 2.11. The molecule has 0 radical (unpaired) electrons. The lowest BCUT2D eigenvalue weighted by molar-refractivity contribution is -0.385. The number of nitrogens with zero attached hydrogens (tertiary/aromatic N) is 2. The maximum absolute atomic E-state index is 12.0. The molecule has 2 aromatic carbocycles. The zero-order valence-electron chi connectivity index (χ0n) is 12.2. The smallest absolute Gasteiger partial charge is 0.278 e. The minimum absolute atomic E-state index is 0.0906. The van der Waals surface area contributed by atoms with Crippen molar-refractivity contribution in [3.63, 3.8) is 0 Å². The molecule has 2 aromatic rings. The van der Waals surface area contributed by atoms with E-state index in [2.05, 4.69) is 10.5 Å². The van der Waals surface area contributed by atoms with E-state index in [1.54, 1.807) is 6.07 Å².